The van der Waals surface area contributed by atoms with Crippen molar-refractivity contribution in [3.05, 3.63) is 35.6 Å². The van der Waals surface area contributed by atoms with E-state index in [1.165, 1.54) is 12.1 Å². The van der Waals surface area contributed by atoms with Crippen LogP contribution in [0.5, 0.6) is 0 Å². The zero-order chi connectivity index (χ0) is 15.5. The van der Waals surface area contributed by atoms with Gasteiger partial charge >= 0.3 is 12.0 Å². The summed E-state index contributed by atoms with van der Waals surface area (Å²) in [6, 6.07) is 3.81. The van der Waals surface area contributed by atoms with E-state index < -0.39 is 34.3 Å². The molecule has 1 aromatic rings. The minimum atomic E-state index is -2.51. The molecule has 1 rings (SSSR count). The van der Waals surface area contributed by atoms with Crippen molar-refractivity contribution in [2.45, 2.75) is 11.9 Å². The average Bonchev–Trinajstić information content (AvgIpc) is 2.37. The number of carboxylic acid groups (broad SMARTS) is 1. The summed E-state index contributed by atoms with van der Waals surface area (Å²) in [5, 5.41) is 11.1. The first-order valence-electron chi connectivity index (χ1n) is 5.44. The molecule has 0 aliphatic heterocycles. The summed E-state index contributed by atoms with van der Waals surface area (Å²) in [4.78, 5) is 32.2. The minimum Gasteiger partial charge on any atom is -0.478 e. The van der Waals surface area contributed by atoms with Crippen molar-refractivity contribution in [3.8, 4) is 0 Å². The van der Waals surface area contributed by atoms with Crippen LogP contribution in [-0.4, -0.2) is 35.0 Å². The van der Waals surface area contributed by atoms with Crippen LogP contribution in [0.4, 0.5) is 9.18 Å². The number of carbonyl (C=O) groups is 3. The fourth-order valence-electron chi connectivity index (χ4n) is 1.35. The first-order chi connectivity index (χ1) is 9.20. The number of amides is 3. The van der Waals surface area contributed by atoms with Gasteiger partial charge in [-0.15, -0.1) is 0 Å². The molecule has 1 atom stereocenters. The van der Waals surface area contributed by atoms with Crippen LogP contribution in [0, 0.1) is 5.82 Å². The Morgan fingerprint density at radius 3 is 2.35 bits per heavy atom. The van der Waals surface area contributed by atoms with E-state index in [0.29, 0.717) is 4.90 Å². The van der Waals surface area contributed by atoms with Crippen molar-refractivity contribution in [2.24, 2.45) is 0 Å². The van der Waals surface area contributed by atoms with Gasteiger partial charge in [-0.1, -0.05) is 29.8 Å². The third kappa shape index (κ3) is 3.05. The van der Waals surface area contributed by atoms with Crippen LogP contribution >= 0.6 is 11.6 Å². The second-order valence-electron chi connectivity index (χ2n) is 3.95. The van der Waals surface area contributed by atoms with Gasteiger partial charge in [0.15, 0.2) is 0 Å². The maximum absolute atomic E-state index is 13.7. The Bertz CT molecular complexity index is 566. The van der Waals surface area contributed by atoms with Crippen LogP contribution in [0.15, 0.2) is 24.3 Å². The number of hydrogen-bond donors (Lipinski definition) is 2. The molecule has 108 valence electrons. The molecule has 1 aromatic carbocycles. The molecule has 0 aliphatic rings. The highest BCUT2D eigenvalue weighted by atomic mass is 35.5. The maximum Gasteiger partial charge on any atom is 0.350 e. The summed E-state index contributed by atoms with van der Waals surface area (Å²) in [6.07, 6.45) is 0. The first-order valence-corrected chi connectivity index (χ1v) is 5.81. The van der Waals surface area contributed by atoms with Crippen molar-refractivity contribution in [2.75, 3.05) is 7.05 Å². The number of urea groups is 1. The van der Waals surface area contributed by atoms with Crippen LogP contribution in [0.2, 0.25) is 0 Å². The van der Waals surface area contributed by atoms with Crippen molar-refractivity contribution < 1.29 is 23.9 Å². The van der Waals surface area contributed by atoms with E-state index in [9.17, 15) is 18.8 Å². The van der Waals surface area contributed by atoms with E-state index in [4.69, 9.17) is 16.7 Å². The molecule has 0 aliphatic carbocycles. The van der Waals surface area contributed by atoms with Gasteiger partial charge in [-0.2, -0.15) is 0 Å². The summed E-state index contributed by atoms with van der Waals surface area (Å²) in [7, 11) is 1.14. The number of alkyl halides is 1. The number of hydrogen-bond acceptors (Lipinski definition) is 3. The van der Waals surface area contributed by atoms with Gasteiger partial charge in [-0.25, -0.2) is 14.0 Å². The Kier molecular flexibility index (Phi) is 4.67. The Hall–Kier alpha value is -2.15. The van der Waals surface area contributed by atoms with Gasteiger partial charge in [-0.05, 0) is 6.07 Å². The zero-order valence-electron chi connectivity index (χ0n) is 10.7. The molecular weight excluding hydrogens is 291 g/mol. The molecule has 0 saturated heterocycles. The number of aliphatic carboxylic acids is 1. The lowest BCUT2D eigenvalue weighted by molar-refractivity contribution is -0.141. The Labute approximate surface area is 119 Å². The lowest BCUT2D eigenvalue weighted by Gasteiger charge is -2.26. The second-order valence-corrected chi connectivity index (χ2v) is 4.52. The molecule has 0 heterocycles. The van der Waals surface area contributed by atoms with E-state index >= 15 is 0 Å². The van der Waals surface area contributed by atoms with E-state index in [0.717, 1.165) is 26.1 Å². The largest absolute Gasteiger partial charge is 0.478 e. The van der Waals surface area contributed by atoms with Gasteiger partial charge in [0.1, 0.15) is 5.82 Å². The minimum absolute atomic E-state index is 0.431. The van der Waals surface area contributed by atoms with Crippen LogP contribution in [0.1, 0.15) is 12.5 Å². The first kappa shape index (κ1) is 15.9. The fourth-order valence-corrected chi connectivity index (χ4v) is 1.58. The number of carboxylic acids is 1. The summed E-state index contributed by atoms with van der Waals surface area (Å²) >= 11 is 5.84. The summed E-state index contributed by atoms with van der Waals surface area (Å²) in [5.74, 6) is -3.19. The molecule has 1 unspecified atom stereocenters. The van der Waals surface area contributed by atoms with Gasteiger partial charge in [0.25, 0.3) is 0 Å². The molecule has 8 heteroatoms. The van der Waals surface area contributed by atoms with Gasteiger partial charge in [-0.3, -0.25) is 9.69 Å². The highest BCUT2D eigenvalue weighted by Crippen LogP contribution is 2.29. The standard InChI is InChI=1S/C12H12ClFN2O4/c1-7(17)16(2)11(20)15-12(13,10(18)19)8-5-3-4-6-9(8)14/h3-6H,1-2H3,(H,15,20)(H,18,19). The summed E-state index contributed by atoms with van der Waals surface area (Å²) < 4.78 is 13.7. The lowest BCUT2D eigenvalue weighted by Crippen LogP contribution is -2.52. The van der Waals surface area contributed by atoms with Crippen molar-refractivity contribution in [1.82, 2.24) is 10.2 Å². The molecule has 0 fully saturated rings. The molecular formula is C12H12ClFN2O4. The summed E-state index contributed by atoms with van der Waals surface area (Å²) in [5.41, 5.74) is -0.431. The highest BCUT2D eigenvalue weighted by Gasteiger charge is 2.43. The number of nitrogens with one attached hydrogen (secondary N) is 1. The Morgan fingerprint density at radius 2 is 1.90 bits per heavy atom. The van der Waals surface area contributed by atoms with Gasteiger partial charge < -0.3 is 10.4 Å². The van der Waals surface area contributed by atoms with Crippen LogP contribution in [-0.2, 0) is 14.6 Å². The van der Waals surface area contributed by atoms with Gasteiger partial charge in [0.2, 0.25) is 10.9 Å². The number of halogens is 2. The molecule has 0 radical (unpaired) electrons. The second kappa shape index (κ2) is 5.87. The predicted molar refractivity (Wildman–Crippen MR) is 68.5 cm³/mol. The topological polar surface area (TPSA) is 86.7 Å². The smallest absolute Gasteiger partial charge is 0.350 e. The number of benzene rings is 1. The molecule has 2 N–H and O–H groups in total. The van der Waals surface area contributed by atoms with E-state index in [1.807, 2.05) is 5.32 Å². The summed E-state index contributed by atoms with van der Waals surface area (Å²) in [6.45, 7) is 1.11. The Balaban J connectivity index is 3.18. The third-order valence-electron chi connectivity index (χ3n) is 2.60. The van der Waals surface area contributed by atoms with Crippen molar-refractivity contribution in [1.29, 1.82) is 0 Å². The van der Waals surface area contributed by atoms with E-state index in [2.05, 4.69) is 0 Å². The van der Waals surface area contributed by atoms with Gasteiger partial charge in [0.05, 0.1) is 0 Å². The number of imide groups is 1. The third-order valence-corrected chi connectivity index (χ3v) is 3.06. The van der Waals surface area contributed by atoms with Crippen LogP contribution in [0.3, 0.4) is 0 Å². The predicted octanol–water partition coefficient (Wildman–Crippen LogP) is 1.49. The average molecular weight is 303 g/mol. The molecule has 0 aromatic heterocycles. The zero-order valence-corrected chi connectivity index (χ0v) is 11.4. The van der Waals surface area contributed by atoms with Gasteiger partial charge in [0, 0.05) is 19.5 Å². The molecule has 0 bridgehead atoms. The Morgan fingerprint density at radius 1 is 1.35 bits per heavy atom. The van der Waals surface area contributed by atoms with Crippen molar-refractivity contribution >= 4 is 29.5 Å². The SMILES string of the molecule is CC(=O)N(C)C(=O)NC(Cl)(C(=O)O)c1ccccc1F. The maximum atomic E-state index is 13.7. The van der Waals surface area contributed by atoms with Crippen molar-refractivity contribution in [3.63, 3.8) is 0 Å². The molecule has 0 saturated carbocycles. The van der Waals surface area contributed by atoms with Crippen LogP contribution < -0.4 is 5.32 Å². The molecule has 20 heavy (non-hydrogen) atoms. The molecule has 6 nitrogen and oxygen atoms in total. The fraction of sp³-hybridized carbons (Fsp3) is 0.250. The molecule has 3 amide bonds. The number of carbonyl (C=O) groups excluding carboxylic acids is 2. The van der Waals surface area contributed by atoms with E-state index in [1.54, 1.807) is 0 Å². The molecule has 0 spiro atoms. The van der Waals surface area contributed by atoms with Crippen LogP contribution in [0.25, 0.3) is 0 Å². The monoisotopic (exact) mass is 302 g/mol. The lowest BCUT2D eigenvalue weighted by atomic mass is 10.1. The normalized spacial score (nSPS) is 13.2. The van der Waals surface area contributed by atoms with E-state index in [-0.39, 0.29) is 0 Å². The quantitative estimate of drug-likeness (QED) is 0.654. The number of nitrogens with zero attached hydrogens (tertiary/aromatic N) is 1. The highest BCUT2D eigenvalue weighted by molar-refractivity contribution is 6.34. The number of rotatable bonds is 3.